The molecule has 94 valence electrons. The molecule has 0 amide bonds. The minimum Gasteiger partial charge on any atom is -0.378 e. The van der Waals surface area contributed by atoms with E-state index in [-0.39, 0.29) is 5.95 Å². The van der Waals surface area contributed by atoms with Crippen molar-refractivity contribution in [2.45, 2.75) is 6.92 Å². The summed E-state index contributed by atoms with van der Waals surface area (Å²) in [6.07, 6.45) is 0. The van der Waals surface area contributed by atoms with E-state index >= 15 is 0 Å². The van der Waals surface area contributed by atoms with Crippen LogP contribution in [-0.2, 0) is 0 Å². The highest BCUT2D eigenvalue weighted by atomic mass is 15.1. The third-order valence-electron chi connectivity index (χ3n) is 2.51. The van der Waals surface area contributed by atoms with Crippen LogP contribution in [0.5, 0.6) is 0 Å². The van der Waals surface area contributed by atoms with Gasteiger partial charge in [0.2, 0.25) is 5.95 Å². The second-order valence-corrected chi connectivity index (χ2v) is 4.32. The lowest BCUT2D eigenvalue weighted by atomic mass is 10.2. The van der Waals surface area contributed by atoms with Gasteiger partial charge in [0.05, 0.1) is 0 Å². The van der Waals surface area contributed by atoms with Gasteiger partial charge in [-0.05, 0) is 25.1 Å². The Morgan fingerprint density at radius 3 is 2.61 bits per heavy atom. The molecule has 0 unspecified atom stereocenters. The van der Waals surface area contributed by atoms with Crippen LogP contribution in [0.15, 0.2) is 30.3 Å². The molecule has 18 heavy (non-hydrogen) atoms. The third kappa shape index (κ3) is 2.88. The van der Waals surface area contributed by atoms with Crippen molar-refractivity contribution in [1.29, 1.82) is 0 Å². The maximum atomic E-state index is 5.62. The number of hydrogen-bond acceptors (Lipinski definition) is 5. The van der Waals surface area contributed by atoms with Gasteiger partial charge in [-0.2, -0.15) is 4.98 Å². The maximum absolute atomic E-state index is 5.62. The molecule has 5 heteroatoms. The predicted molar refractivity (Wildman–Crippen MR) is 75.2 cm³/mol. The molecule has 1 aromatic heterocycles. The summed E-state index contributed by atoms with van der Waals surface area (Å²) in [6, 6.07) is 9.94. The molecular formula is C13H17N5. The van der Waals surface area contributed by atoms with Crippen LogP contribution < -0.4 is 16.0 Å². The van der Waals surface area contributed by atoms with E-state index in [1.807, 2.05) is 56.3 Å². The van der Waals surface area contributed by atoms with Crippen LogP contribution in [0.2, 0.25) is 0 Å². The van der Waals surface area contributed by atoms with Gasteiger partial charge in [-0.1, -0.05) is 6.07 Å². The molecule has 0 radical (unpaired) electrons. The van der Waals surface area contributed by atoms with Crippen LogP contribution in [0.1, 0.15) is 5.69 Å². The van der Waals surface area contributed by atoms with E-state index in [4.69, 9.17) is 5.73 Å². The fourth-order valence-corrected chi connectivity index (χ4v) is 1.67. The Hall–Kier alpha value is -2.30. The smallest absolute Gasteiger partial charge is 0.222 e. The molecule has 2 rings (SSSR count). The van der Waals surface area contributed by atoms with Crippen molar-refractivity contribution in [3.8, 4) is 0 Å². The van der Waals surface area contributed by atoms with Crippen LogP contribution >= 0.6 is 0 Å². The molecule has 0 spiro atoms. The zero-order chi connectivity index (χ0) is 13.1. The molecule has 1 heterocycles. The Kier molecular flexibility index (Phi) is 3.32. The van der Waals surface area contributed by atoms with E-state index in [1.54, 1.807) is 0 Å². The molecule has 0 aliphatic carbocycles. The summed E-state index contributed by atoms with van der Waals surface area (Å²) < 4.78 is 0. The number of nitrogens with two attached hydrogens (primary N) is 1. The van der Waals surface area contributed by atoms with Crippen molar-refractivity contribution in [3.05, 3.63) is 36.0 Å². The SMILES string of the molecule is Cc1cc(Nc2cccc(N(C)C)c2)nc(N)n1. The molecule has 0 fully saturated rings. The number of aryl methyl sites for hydroxylation is 1. The summed E-state index contributed by atoms with van der Waals surface area (Å²) in [4.78, 5) is 10.2. The van der Waals surface area contributed by atoms with Crippen molar-refractivity contribution in [2.24, 2.45) is 0 Å². The summed E-state index contributed by atoms with van der Waals surface area (Å²) in [5, 5.41) is 3.22. The van der Waals surface area contributed by atoms with E-state index in [1.165, 1.54) is 0 Å². The Bertz CT molecular complexity index is 531. The number of rotatable bonds is 3. The van der Waals surface area contributed by atoms with Crippen molar-refractivity contribution in [2.75, 3.05) is 30.0 Å². The van der Waals surface area contributed by atoms with Crippen LogP contribution in [0.3, 0.4) is 0 Å². The molecule has 5 nitrogen and oxygen atoms in total. The minimum atomic E-state index is 0.279. The van der Waals surface area contributed by atoms with Gasteiger partial charge in [0.25, 0.3) is 0 Å². The number of anilines is 4. The summed E-state index contributed by atoms with van der Waals surface area (Å²) in [5.74, 6) is 0.983. The van der Waals surface area contributed by atoms with Crippen molar-refractivity contribution >= 4 is 23.1 Å². The van der Waals surface area contributed by atoms with E-state index in [0.29, 0.717) is 5.82 Å². The molecule has 2 aromatic rings. The van der Waals surface area contributed by atoms with Crippen molar-refractivity contribution in [3.63, 3.8) is 0 Å². The van der Waals surface area contributed by atoms with Crippen molar-refractivity contribution in [1.82, 2.24) is 9.97 Å². The van der Waals surface area contributed by atoms with E-state index < -0.39 is 0 Å². The molecule has 1 aromatic carbocycles. The molecule has 0 saturated heterocycles. The van der Waals surface area contributed by atoms with E-state index in [0.717, 1.165) is 17.1 Å². The third-order valence-corrected chi connectivity index (χ3v) is 2.51. The maximum Gasteiger partial charge on any atom is 0.222 e. The van der Waals surface area contributed by atoms with E-state index in [2.05, 4.69) is 15.3 Å². The Morgan fingerprint density at radius 1 is 1.17 bits per heavy atom. The zero-order valence-electron chi connectivity index (χ0n) is 10.8. The molecule has 0 aliphatic heterocycles. The van der Waals surface area contributed by atoms with Crippen LogP contribution in [0.25, 0.3) is 0 Å². The summed E-state index contributed by atoms with van der Waals surface area (Å²) in [7, 11) is 4.01. The summed E-state index contributed by atoms with van der Waals surface area (Å²) in [6.45, 7) is 1.89. The first kappa shape index (κ1) is 12.2. The van der Waals surface area contributed by atoms with Crippen molar-refractivity contribution < 1.29 is 0 Å². The number of nitrogens with zero attached hydrogens (tertiary/aromatic N) is 3. The monoisotopic (exact) mass is 243 g/mol. The first-order valence-electron chi connectivity index (χ1n) is 5.70. The minimum absolute atomic E-state index is 0.279. The van der Waals surface area contributed by atoms with Gasteiger partial charge >= 0.3 is 0 Å². The zero-order valence-corrected chi connectivity index (χ0v) is 10.8. The Labute approximate surface area is 107 Å². The van der Waals surface area contributed by atoms with Gasteiger partial charge in [-0.15, -0.1) is 0 Å². The average molecular weight is 243 g/mol. The highest BCUT2D eigenvalue weighted by Crippen LogP contribution is 2.21. The number of hydrogen-bond donors (Lipinski definition) is 2. The molecule has 0 aliphatic rings. The average Bonchev–Trinajstić information content (AvgIpc) is 2.27. The molecule has 0 saturated carbocycles. The Morgan fingerprint density at radius 2 is 1.94 bits per heavy atom. The van der Waals surface area contributed by atoms with E-state index in [9.17, 15) is 0 Å². The highest BCUT2D eigenvalue weighted by molar-refractivity contribution is 5.63. The first-order valence-corrected chi connectivity index (χ1v) is 5.70. The lowest BCUT2D eigenvalue weighted by Crippen LogP contribution is -2.08. The number of benzene rings is 1. The Balaban J connectivity index is 2.25. The molecule has 3 N–H and O–H groups in total. The van der Waals surface area contributed by atoms with Gasteiger partial charge in [0, 0.05) is 37.2 Å². The highest BCUT2D eigenvalue weighted by Gasteiger charge is 2.01. The quantitative estimate of drug-likeness (QED) is 0.864. The number of nitrogens with one attached hydrogen (secondary N) is 1. The van der Waals surface area contributed by atoms with Gasteiger partial charge < -0.3 is 16.0 Å². The summed E-state index contributed by atoms with van der Waals surface area (Å²) in [5.41, 5.74) is 8.56. The second-order valence-electron chi connectivity index (χ2n) is 4.32. The van der Waals surface area contributed by atoms with Gasteiger partial charge in [-0.3, -0.25) is 0 Å². The first-order chi connectivity index (χ1) is 8.54. The largest absolute Gasteiger partial charge is 0.378 e. The second kappa shape index (κ2) is 4.91. The normalized spacial score (nSPS) is 10.2. The fraction of sp³-hybridized carbons (Fsp3) is 0.231. The fourth-order valence-electron chi connectivity index (χ4n) is 1.67. The van der Waals surface area contributed by atoms with Gasteiger partial charge in [0.1, 0.15) is 5.82 Å². The van der Waals surface area contributed by atoms with Crippen LogP contribution in [-0.4, -0.2) is 24.1 Å². The number of aromatic nitrogens is 2. The topological polar surface area (TPSA) is 67.1 Å². The molecule has 0 atom stereocenters. The van der Waals surface area contributed by atoms with Crippen LogP contribution in [0.4, 0.5) is 23.1 Å². The van der Waals surface area contributed by atoms with Gasteiger partial charge in [0.15, 0.2) is 0 Å². The lowest BCUT2D eigenvalue weighted by molar-refractivity contribution is 1.12. The lowest BCUT2D eigenvalue weighted by Gasteiger charge is -2.14. The molecule has 0 bridgehead atoms. The van der Waals surface area contributed by atoms with Crippen LogP contribution in [0, 0.1) is 6.92 Å². The molecular weight excluding hydrogens is 226 g/mol. The predicted octanol–water partition coefficient (Wildman–Crippen LogP) is 2.18. The number of nitrogen functional groups attached to an aromatic ring is 1. The standard InChI is InChI=1S/C13H17N5/c1-9-7-12(17-13(14)15-9)16-10-5-4-6-11(8-10)18(2)3/h4-8H,1-3H3,(H3,14,15,16,17). The summed E-state index contributed by atoms with van der Waals surface area (Å²) >= 11 is 0. The van der Waals surface area contributed by atoms with Gasteiger partial charge in [-0.25, -0.2) is 4.98 Å².